The summed E-state index contributed by atoms with van der Waals surface area (Å²) in [5.74, 6) is -1.37. The molecule has 0 bridgehead atoms. The van der Waals surface area contributed by atoms with Crippen LogP contribution >= 0.6 is 0 Å². The van der Waals surface area contributed by atoms with Crippen LogP contribution < -0.4 is 9.62 Å². The number of halogens is 1. The van der Waals surface area contributed by atoms with Crippen LogP contribution in [0, 0.1) is 18.7 Å². The molecule has 1 unspecified atom stereocenters. The van der Waals surface area contributed by atoms with Crippen LogP contribution in [-0.4, -0.2) is 44.3 Å². The van der Waals surface area contributed by atoms with Gasteiger partial charge in [0.05, 0.1) is 10.6 Å². The van der Waals surface area contributed by atoms with E-state index in [1.54, 1.807) is 49.4 Å². The second-order valence-corrected chi connectivity index (χ2v) is 11.5. The molecule has 2 amide bonds. The third-order valence-electron chi connectivity index (χ3n) is 6.05. The number of nitrogens with zero attached hydrogens (tertiary/aromatic N) is 2. The zero-order valence-corrected chi connectivity index (χ0v) is 22.9. The molecule has 0 radical (unpaired) electrons. The molecule has 0 spiro atoms. The molecule has 3 aromatic carbocycles. The molecule has 0 fully saturated rings. The first kappa shape index (κ1) is 28.8. The van der Waals surface area contributed by atoms with Crippen molar-refractivity contribution in [2.24, 2.45) is 5.92 Å². The van der Waals surface area contributed by atoms with Crippen LogP contribution in [0.25, 0.3) is 0 Å². The number of aryl methyl sites for hydroxylation is 1. The van der Waals surface area contributed by atoms with Gasteiger partial charge in [0, 0.05) is 18.7 Å². The summed E-state index contributed by atoms with van der Waals surface area (Å²) in [5.41, 5.74) is 1.34. The number of hydrogen-bond acceptors (Lipinski definition) is 4. The smallest absolute Gasteiger partial charge is 0.264 e. The molecule has 0 saturated carbocycles. The summed E-state index contributed by atoms with van der Waals surface area (Å²) in [7, 11) is -4.14. The number of anilines is 1. The van der Waals surface area contributed by atoms with E-state index < -0.39 is 40.2 Å². The van der Waals surface area contributed by atoms with E-state index in [4.69, 9.17) is 0 Å². The number of carbonyl (C=O) groups is 2. The van der Waals surface area contributed by atoms with Gasteiger partial charge in [0.2, 0.25) is 11.8 Å². The first-order valence-corrected chi connectivity index (χ1v) is 13.9. The van der Waals surface area contributed by atoms with E-state index in [9.17, 15) is 22.4 Å². The molecule has 1 atom stereocenters. The van der Waals surface area contributed by atoms with Crippen molar-refractivity contribution in [3.63, 3.8) is 0 Å². The van der Waals surface area contributed by atoms with E-state index in [1.807, 2.05) is 26.8 Å². The third kappa shape index (κ3) is 7.19. The van der Waals surface area contributed by atoms with E-state index in [0.717, 1.165) is 9.87 Å². The van der Waals surface area contributed by atoms with Gasteiger partial charge in [-0.05, 0) is 55.7 Å². The Kier molecular flexibility index (Phi) is 9.63. The van der Waals surface area contributed by atoms with Crippen LogP contribution in [-0.2, 0) is 26.2 Å². The minimum atomic E-state index is -4.14. The van der Waals surface area contributed by atoms with Crippen molar-refractivity contribution in [1.82, 2.24) is 10.2 Å². The fourth-order valence-electron chi connectivity index (χ4n) is 3.88. The maximum Gasteiger partial charge on any atom is 0.264 e. The lowest BCUT2D eigenvalue weighted by Crippen LogP contribution is -2.51. The largest absolute Gasteiger partial charge is 0.354 e. The van der Waals surface area contributed by atoms with Crippen molar-refractivity contribution in [1.29, 1.82) is 0 Å². The van der Waals surface area contributed by atoms with Crippen molar-refractivity contribution in [2.75, 3.05) is 17.4 Å². The van der Waals surface area contributed by atoms with E-state index in [-0.39, 0.29) is 22.9 Å². The molecule has 9 heteroatoms. The van der Waals surface area contributed by atoms with Gasteiger partial charge < -0.3 is 10.2 Å². The summed E-state index contributed by atoms with van der Waals surface area (Å²) in [6.45, 7) is 6.90. The normalized spacial score (nSPS) is 12.2. The van der Waals surface area contributed by atoms with Crippen LogP contribution in [0.3, 0.4) is 0 Å². The summed E-state index contributed by atoms with van der Waals surface area (Å²) in [4.78, 5) is 28.0. The van der Waals surface area contributed by atoms with Crippen molar-refractivity contribution in [3.8, 4) is 0 Å². The second-order valence-electron chi connectivity index (χ2n) is 9.59. The van der Waals surface area contributed by atoms with Gasteiger partial charge in [-0.25, -0.2) is 12.8 Å². The number of nitrogens with one attached hydrogen (secondary N) is 1. The van der Waals surface area contributed by atoms with E-state index in [2.05, 4.69) is 5.32 Å². The quantitative estimate of drug-likeness (QED) is 0.388. The second kappa shape index (κ2) is 12.7. The summed E-state index contributed by atoms with van der Waals surface area (Å²) >= 11 is 0. The van der Waals surface area contributed by atoms with E-state index in [0.29, 0.717) is 12.2 Å². The molecule has 7 nitrogen and oxygen atoms in total. The zero-order valence-electron chi connectivity index (χ0n) is 22.1. The van der Waals surface area contributed by atoms with Gasteiger partial charge in [-0.15, -0.1) is 0 Å². The lowest BCUT2D eigenvalue weighted by molar-refractivity contribution is -0.139. The van der Waals surface area contributed by atoms with Crippen molar-refractivity contribution >= 4 is 27.5 Å². The summed E-state index contributed by atoms with van der Waals surface area (Å²) < 4.78 is 43.0. The molecule has 0 aliphatic carbocycles. The molecule has 202 valence electrons. The Morgan fingerprint density at radius 3 is 2.21 bits per heavy atom. The minimum Gasteiger partial charge on any atom is -0.354 e. The molecular weight excluding hydrogens is 505 g/mol. The summed E-state index contributed by atoms with van der Waals surface area (Å²) in [6.07, 6.45) is 0. The molecule has 38 heavy (non-hydrogen) atoms. The van der Waals surface area contributed by atoms with Crippen molar-refractivity contribution in [3.05, 3.63) is 95.8 Å². The van der Waals surface area contributed by atoms with Gasteiger partial charge in [0.1, 0.15) is 18.4 Å². The van der Waals surface area contributed by atoms with Crippen LogP contribution in [0.2, 0.25) is 0 Å². The number of rotatable bonds is 11. The standard InChI is InChI=1S/C29H34FN3O4S/c1-21(2)18-31-29(35)23(4)32(19-24-12-8-9-16-27(24)30)28(34)20-33(25-13-10-11-22(3)17-25)38(36,37)26-14-6-5-7-15-26/h5-17,21,23H,18-20H2,1-4H3,(H,31,35). The predicted molar refractivity (Wildman–Crippen MR) is 146 cm³/mol. The van der Waals surface area contributed by atoms with Gasteiger partial charge in [-0.2, -0.15) is 0 Å². The molecule has 0 aliphatic heterocycles. The molecular formula is C29H34FN3O4S. The fraction of sp³-hybridized carbons (Fsp3) is 0.310. The monoisotopic (exact) mass is 539 g/mol. The SMILES string of the molecule is Cc1cccc(N(CC(=O)N(Cc2ccccc2F)C(C)C(=O)NCC(C)C)S(=O)(=O)c2ccccc2)c1. The lowest BCUT2D eigenvalue weighted by atomic mass is 10.1. The predicted octanol–water partition coefficient (Wildman–Crippen LogP) is 4.52. The van der Waals surface area contributed by atoms with E-state index >= 15 is 0 Å². The van der Waals surface area contributed by atoms with Gasteiger partial charge in [-0.1, -0.05) is 62.4 Å². The highest BCUT2D eigenvalue weighted by atomic mass is 32.2. The summed E-state index contributed by atoms with van der Waals surface area (Å²) in [6, 6.07) is 19.7. The number of hydrogen-bond donors (Lipinski definition) is 1. The van der Waals surface area contributed by atoms with Gasteiger partial charge >= 0.3 is 0 Å². The van der Waals surface area contributed by atoms with Crippen LogP contribution in [0.5, 0.6) is 0 Å². The fourth-order valence-corrected chi connectivity index (χ4v) is 5.30. The number of carbonyl (C=O) groups excluding carboxylic acids is 2. The summed E-state index contributed by atoms with van der Waals surface area (Å²) in [5, 5.41) is 2.81. The maximum absolute atomic E-state index is 14.6. The highest BCUT2D eigenvalue weighted by Crippen LogP contribution is 2.25. The van der Waals surface area contributed by atoms with E-state index in [1.165, 1.54) is 35.2 Å². The molecule has 0 heterocycles. The highest BCUT2D eigenvalue weighted by Gasteiger charge is 2.32. The third-order valence-corrected chi connectivity index (χ3v) is 7.84. The van der Waals surface area contributed by atoms with Crippen LogP contribution in [0.4, 0.5) is 10.1 Å². The maximum atomic E-state index is 14.6. The first-order valence-electron chi connectivity index (χ1n) is 12.5. The Labute approximate surface area is 224 Å². The average Bonchev–Trinajstić information content (AvgIpc) is 2.89. The molecule has 3 rings (SSSR count). The van der Waals surface area contributed by atoms with Crippen molar-refractivity contribution < 1.29 is 22.4 Å². The minimum absolute atomic E-state index is 0.0256. The molecule has 0 saturated heterocycles. The number of benzene rings is 3. The molecule has 3 aromatic rings. The molecule has 1 N–H and O–H groups in total. The number of amides is 2. The molecule has 0 aromatic heterocycles. The Balaban J connectivity index is 2.01. The first-order chi connectivity index (χ1) is 18.0. The van der Waals surface area contributed by atoms with Crippen LogP contribution in [0.1, 0.15) is 31.9 Å². The van der Waals surface area contributed by atoms with Gasteiger partial charge in [0.15, 0.2) is 0 Å². The van der Waals surface area contributed by atoms with Gasteiger partial charge in [-0.3, -0.25) is 13.9 Å². The Hall–Kier alpha value is -3.72. The zero-order chi connectivity index (χ0) is 27.9. The lowest BCUT2D eigenvalue weighted by Gasteiger charge is -2.32. The van der Waals surface area contributed by atoms with Crippen molar-refractivity contribution in [2.45, 2.75) is 45.2 Å². The Morgan fingerprint density at radius 1 is 0.921 bits per heavy atom. The highest BCUT2D eigenvalue weighted by molar-refractivity contribution is 7.92. The van der Waals surface area contributed by atoms with Crippen LogP contribution in [0.15, 0.2) is 83.8 Å². The van der Waals surface area contributed by atoms with Gasteiger partial charge in [0.25, 0.3) is 10.0 Å². The Bertz CT molecular complexity index is 1360. The average molecular weight is 540 g/mol. The number of sulfonamides is 1. The Morgan fingerprint density at radius 2 is 1.58 bits per heavy atom. The topological polar surface area (TPSA) is 86.8 Å². The molecule has 0 aliphatic rings.